The number of hydrogen-bond acceptors (Lipinski definition) is 2. The van der Waals surface area contributed by atoms with Crippen molar-refractivity contribution in [2.75, 3.05) is 26.7 Å². The van der Waals surface area contributed by atoms with Gasteiger partial charge in [-0.25, -0.2) is 4.39 Å². The topological polar surface area (TPSA) is 15.3 Å². The van der Waals surface area contributed by atoms with Crippen LogP contribution in [0.4, 0.5) is 4.39 Å². The molecule has 3 heteroatoms. The second-order valence-electron chi connectivity index (χ2n) is 4.33. The van der Waals surface area contributed by atoms with Crippen molar-refractivity contribution in [1.29, 1.82) is 0 Å². The van der Waals surface area contributed by atoms with Crippen LogP contribution in [0.2, 0.25) is 0 Å². The van der Waals surface area contributed by atoms with E-state index in [0.29, 0.717) is 6.42 Å². The molecule has 1 rings (SSSR count). The Morgan fingerprint density at radius 1 is 1.43 bits per heavy atom. The molecular weight excluding hydrogens is 179 g/mol. The molecule has 0 aliphatic carbocycles. The number of likely N-dealkylation sites (N-methyl/N-ethyl adjacent to an activating group) is 1. The summed E-state index contributed by atoms with van der Waals surface area (Å²) in [5, 5.41) is 3.21. The van der Waals surface area contributed by atoms with Crippen LogP contribution in [0.5, 0.6) is 0 Å². The summed E-state index contributed by atoms with van der Waals surface area (Å²) in [5.41, 5.74) is 0. The van der Waals surface area contributed by atoms with Gasteiger partial charge in [0.2, 0.25) is 0 Å². The standard InChI is InChI=1S/C11H23FN2/c1-3-4-5-8-14(2)9-11-10(12)6-7-13-11/h10-11,13H,3-9H2,1-2H3. The minimum absolute atomic E-state index is 0.0710. The molecule has 1 fully saturated rings. The zero-order valence-corrected chi connectivity index (χ0v) is 9.43. The first-order valence-corrected chi connectivity index (χ1v) is 5.80. The van der Waals surface area contributed by atoms with Crippen molar-refractivity contribution in [2.24, 2.45) is 0 Å². The van der Waals surface area contributed by atoms with Crippen LogP contribution >= 0.6 is 0 Å². The highest BCUT2D eigenvalue weighted by Crippen LogP contribution is 2.12. The molecule has 84 valence electrons. The molecule has 0 aromatic heterocycles. The predicted molar refractivity (Wildman–Crippen MR) is 58.3 cm³/mol. The zero-order valence-electron chi connectivity index (χ0n) is 9.43. The summed E-state index contributed by atoms with van der Waals surface area (Å²) in [4.78, 5) is 2.24. The van der Waals surface area contributed by atoms with Crippen molar-refractivity contribution in [3.63, 3.8) is 0 Å². The third-order valence-corrected chi connectivity index (χ3v) is 2.91. The molecule has 0 bridgehead atoms. The van der Waals surface area contributed by atoms with Crippen LogP contribution in [0.15, 0.2) is 0 Å². The van der Waals surface area contributed by atoms with Gasteiger partial charge < -0.3 is 10.2 Å². The Balaban J connectivity index is 2.09. The van der Waals surface area contributed by atoms with Crippen LogP contribution in [0, 0.1) is 0 Å². The quantitative estimate of drug-likeness (QED) is 0.661. The number of rotatable bonds is 6. The Kier molecular flexibility index (Phi) is 5.41. The molecule has 2 unspecified atom stereocenters. The van der Waals surface area contributed by atoms with Gasteiger partial charge in [0, 0.05) is 6.54 Å². The highest BCUT2D eigenvalue weighted by molar-refractivity contribution is 4.85. The lowest BCUT2D eigenvalue weighted by molar-refractivity contribution is 0.228. The van der Waals surface area contributed by atoms with E-state index in [-0.39, 0.29) is 6.04 Å². The highest BCUT2D eigenvalue weighted by Gasteiger charge is 2.26. The van der Waals surface area contributed by atoms with E-state index < -0.39 is 6.17 Å². The normalized spacial score (nSPS) is 27.4. The Morgan fingerprint density at radius 3 is 2.79 bits per heavy atom. The second kappa shape index (κ2) is 6.36. The van der Waals surface area contributed by atoms with E-state index in [1.807, 2.05) is 0 Å². The first-order valence-electron chi connectivity index (χ1n) is 5.80. The molecule has 1 saturated heterocycles. The molecule has 1 aliphatic heterocycles. The smallest absolute Gasteiger partial charge is 0.118 e. The first-order chi connectivity index (χ1) is 6.74. The summed E-state index contributed by atoms with van der Waals surface area (Å²) < 4.78 is 13.2. The molecule has 0 saturated carbocycles. The fourth-order valence-electron chi connectivity index (χ4n) is 1.97. The molecule has 2 atom stereocenters. The Morgan fingerprint density at radius 2 is 2.21 bits per heavy atom. The molecular formula is C11H23FN2. The fraction of sp³-hybridized carbons (Fsp3) is 1.00. The summed E-state index contributed by atoms with van der Waals surface area (Å²) in [6.07, 6.45) is 3.82. The van der Waals surface area contributed by atoms with Crippen molar-refractivity contribution >= 4 is 0 Å². The molecule has 1 N–H and O–H groups in total. The summed E-state index contributed by atoms with van der Waals surface area (Å²) in [6, 6.07) is 0.0710. The third kappa shape index (κ3) is 3.93. The number of halogens is 1. The summed E-state index contributed by atoms with van der Waals surface area (Å²) in [7, 11) is 2.09. The third-order valence-electron chi connectivity index (χ3n) is 2.91. The lowest BCUT2D eigenvalue weighted by Gasteiger charge is -2.22. The lowest BCUT2D eigenvalue weighted by Crippen LogP contribution is -2.40. The fourth-order valence-corrected chi connectivity index (χ4v) is 1.97. The maximum Gasteiger partial charge on any atom is 0.118 e. The number of hydrogen-bond donors (Lipinski definition) is 1. The largest absolute Gasteiger partial charge is 0.310 e. The van der Waals surface area contributed by atoms with Gasteiger partial charge in [0.15, 0.2) is 0 Å². The number of alkyl halides is 1. The van der Waals surface area contributed by atoms with Gasteiger partial charge in [-0.2, -0.15) is 0 Å². The average Bonchev–Trinajstić information content (AvgIpc) is 2.52. The molecule has 1 aliphatic rings. The Labute approximate surface area is 86.9 Å². The van der Waals surface area contributed by atoms with Gasteiger partial charge in [-0.15, -0.1) is 0 Å². The Hall–Kier alpha value is -0.150. The minimum atomic E-state index is -0.636. The van der Waals surface area contributed by atoms with E-state index in [4.69, 9.17) is 0 Å². The van der Waals surface area contributed by atoms with E-state index >= 15 is 0 Å². The van der Waals surface area contributed by atoms with Gasteiger partial charge >= 0.3 is 0 Å². The molecule has 0 aromatic rings. The van der Waals surface area contributed by atoms with Crippen molar-refractivity contribution < 1.29 is 4.39 Å². The number of nitrogens with one attached hydrogen (secondary N) is 1. The van der Waals surface area contributed by atoms with E-state index in [1.54, 1.807) is 0 Å². The van der Waals surface area contributed by atoms with Crippen molar-refractivity contribution in [3.8, 4) is 0 Å². The van der Waals surface area contributed by atoms with Crippen LogP contribution in [0.1, 0.15) is 32.6 Å². The first kappa shape index (κ1) is 11.9. The van der Waals surface area contributed by atoms with Gasteiger partial charge in [-0.1, -0.05) is 19.8 Å². The van der Waals surface area contributed by atoms with Crippen molar-refractivity contribution in [2.45, 2.75) is 44.8 Å². The molecule has 2 nitrogen and oxygen atoms in total. The predicted octanol–water partition coefficient (Wildman–Crippen LogP) is 1.81. The molecule has 14 heavy (non-hydrogen) atoms. The maximum absolute atomic E-state index is 13.2. The lowest BCUT2D eigenvalue weighted by atomic mass is 10.2. The number of nitrogens with zero attached hydrogens (tertiary/aromatic N) is 1. The Bertz CT molecular complexity index is 152. The van der Waals surface area contributed by atoms with E-state index in [9.17, 15) is 4.39 Å². The minimum Gasteiger partial charge on any atom is -0.310 e. The molecule has 0 amide bonds. The monoisotopic (exact) mass is 202 g/mol. The van der Waals surface area contributed by atoms with Gasteiger partial charge in [0.1, 0.15) is 6.17 Å². The SMILES string of the molecule is CCCCCN(C)CC1NCCC1F. The maximum atomic E-state index is 13.2. The van der Waals surface area contributed by atoms with Gasteiger partial charge in [0.25, 0.3) is 0 Å². The van der Waals surface area contributed by atoms with Gasteiger partial charge in [0.05, 0.1) is 6.04 Å². The number of unbranched alkanes of at least 4 members (excludes halogenated alkanes) is 2. The van der Waals surface area contributed by atoms with Gasteiger partial charge in [-0.05, 0) is 33.0 Å². The summed E-state index contributed by atoms with van der Waals surface area (Å²) in [5.74, 6) is 0. The van der Waals surface area contributed by atoms with Crippen LogP contribution in [0.25, 0.3) is 0 Å². The van der Waals surface area contributed by atoms with Gasteiger partial charge in [-0.3, -0.25) is 0 Å². The molecule has 0 aromatic carbocycles. The summed E-state index contributed by atoms with van der Waals surface area (Å²) >= 11 is 0. The highest BCUT2D eigenvalue weighted by atomic mass is 19.1. The molecule has 0 radical (unpaired) electrons. The average molecular weight is 202 g/mol. The van der Waals surface area contributed by atoms with E-state index in [2.05, 4.69) is 24.2 Å². The molecule has 0 spiro atoms. The van der Waals surface area contributed by atoms with Crippen molar-refractivity contribution in [1.82, 2.24) is 10.2 Å². The van der Waals surface area contributed by atoms with E-state index in [1.165, 1.54) is 19.3 Å². The zero-order chi connectivity index (χ0) is 10.4. The van der Waals surface area contributed by atoms with Crippen LogP contribution in [-0.4, -0.2) is 43.8 Å². The second-order valence-corrected chi connectivity index (χ2v) is 4.33. The van der Waals surface area contributed by atoms with E-state index in [0.717, 1.165) is 19.6 Å². The van der Waals surface area contributed by atoms with Crippen LogP contribution < -0.4 is 5.32 Å². The van der Waals surface area contributed by atoms with Crippen LogP contribution in [0.3, 0.4) is 0 Å². The molecule has 1 heterocycles. The summed E-state index contributed by atoms with van der Waals surface area (Å²) in [6.45, 7) is 4.99. The van der Waals surface area contributed by atoms with Crippen LogP contribution in [-0.2, 0) is 0 Å². The van der Waals surface area contributed by atoms with Crippen molar-refractivity contribution in [3.05, 3.63) is 0 Å².